The highest BCUT2D eigenvalue weighted by molar-refractivity contribution is 7.09. The van der Waals surface area contributed by atoms with Gasteiger partial charge in [0.25, 0.3) is 0 Å². The summed E-state index contributed by atoms with van der Waals surface area (Å²) in [5, 5.41) is 2.17. The Morgan fingerprint density at radius 1 is 0.935 bits per heavy atom. The van der Waals surface area contributed by atoms with E-state index in [-0.39, 0.29) is 30.9 Å². The standard InChI is InChI=1S/C23H23NO6S/c1-4-29-23(26)17-14-31-21(24-17)13-16(25)12-15-8-5-6-9-18(15)30-20-11-7-10-19(27-2)22(20)28-3/h5-11,14H,4,12-13H2,1-3H3. The van der Waals surface area contributed by atoms with Crippen molar-refractivity contribution in [2.45, 2.75) is 19.8 Å². The van der Waals surface area contributed by atoms with Gasteiger partial charge < -0.3 is 18.9 Å². The van der Waals surface area contributed by atoms with Gasteiger partial charge in [-0.2, -0.15) is 0 Å². The molecule has 3 rings (SSSR count). The Labute approximate surface area is 184 Å². The van der Waals surface area contributed by atoms with E-state index in [0.29, 0.717) is 28.0 Å². The normalized spacial score (nSPS) is 10.4. The van der Waals surface area contributed by atoms with E-state index in [1.165, 1.54) is 11.3 Å². The molecule has 0 bridgehead atoms. The van der Waals surface area contributed by atoms with Crippen LogP contribution in [0.15, 0.2) is 47.8 Å². The third-order valence-corrected chi connectivity index (χ3v) is 5.18. The van der Waals surface area contributed by atoms with Crippen LogP contribution in [0.5, 0.6) is 23.0 Å². The minimum atomic E-state index is -0.483. The fraction of sp³-hybridized carbons (Fsp3) is 0.261. The molecule has 1 aromatic heterocycles. The molecule has 162 valence electrons. The number of carbonyl (C=O) groups is 2. The maximum absolute atomic E-state index is 12.7. The Balaban J connectivity index is 1.73. The minimum Gasteiger partial charge on any atom is -0.493 e. The van der Waals surface area contributed by atoms with Gasteiger partial charge in [-0.05, 0) is 25.1 Å². The molecule has 8 heteroatoms. The highest BCUT2D eigenvalue weighted by Gasteiger charge is 2.17. The van der Waals surface area contributed by atoms with Crippen LogP contribution in [0.3, 0.4) is 0 Å². The number of methoxy groups -OCH3 is 2. The zero-order valence-corrected chi connectivity index (χ0v) is 18.4. The van der Waals surface area contributed by atoms with Crippen molar-refractivity contribution >= 4 is 23.1 Å². The monoisotopic (exact) mass is 441 g/mol. The van der Waals surface area contributed by atoms with Gasteiger partial charge in [-0.1, -0.05) is 24.3 Å². The maximum atomic E-state index is 12.7. The zero-order valence-electron chi connectivity index (χ0n) is 17.5. The van der Waals surface area contributed by atoms with Gasteiger partial charge in [0, 0.05) is 17.4 Å². The number of thiazole rings is 1. The van der Waals surface area contributed by atoms with Crippen molar-refractivity contribution in [1.29, 1.82) is 0 Å². The molecule has 31 heavy (non-hydrogen) atoms. The molecule has 7 nitrogen and oxygen atoms in total. The van der Waals surface area contributed by atoms with E-state index in [1.807, 2.05) is 18.2 Å². The molecule has 0 aliphatic carbocycles. The number of para-hydroxylation sites is 2. The van der Waals surface area contributed by atoms with Crippen LogP contribution in [-0.4, -0.2) is 37.6 Å². The molecule has 0 amide bonds. The van der Waals surface area contributed by atoms with E-state index >= 15 is 0 Å². The number of aromatic nitrogens is 1. The average Bonchev–Trinajstić information content (AvgIpc) is 3.23. The molecule has 0 aliphatic heterocycles. The van der Waals surface area contributed by atoms with Crippen molar-refractivity contribution in [3.05, 3.63) is 64.1 Å². The quantitative estimate of drug-likeness (QED) is 0.429. The number of esters is 1. The number of nitrogens with zero attached hydrogens (tertiary/aromatic N) is 1. The van der Waals surface area contributed by atoms with E-state index < -0.39 is 5.97 Å². The summed E-state index contributed by atoms with van der Waals surface area (Å²) < 4.78 is 21.7. The van der Waals surface area contributed by atoms with Crippen molar-refractivity contribution in [1.82, 2.24) is 4.98 Å². The number of benzene rings is 2. The zero-order chi connectivity index (χ0) is 22.2. The second kappa shape index (κ2) is 10.6. The lowest BCUT2D eigenvalue weighted by Crippen LogP contribution is -2.09. The second-order valence-corrected chi connectivity index (χ2v) is 7.38. The van der Waals surface area contributed by atoms with Gasteiger partial charge >= 0.3 is 5.97 Å². The first kappa shape index (κ1) is 22.3. The van der Waals surface area contributed by atoms with Crippen LogP contribution < -0.4 is 14.2 Å². The van der Waals surface area contributed by atoms with Crippen molar-refractivity contribution in [3.8, 4) is 23.0 Å². The van der Waals surface area contributed by atoms with Crippen LogP contribution in [0.2, 0.25) is 0 Å². The fourth-order valence-electron chi connectivity index (χ4n) is 2.94. The Bertz CT molecular complexity index is 1060. The highest BCUT2D eigenvalue weighted by atomic mass is 32.1. The topological polar surface area (TPSA) is 84.0 Å². The van der Waals surface area contributed by atoms with Gasteiger partial charge in [-0.15, -0.1) is 11.3 Å². The number of Topliss-reactive ketones (excluding diaryl/α,β-unsaturated/α-hetero) is 1. The summed E-state index contributed by atoms with van der Waals surface area (Å²) in [5.74, 6) is 1.53. The summed E-state index contributed by atoms with van der Waals surface area (Å²) >= 11 is 1.26. The molecular weight excluding hydrogens is 418 g/mol. The number of ether oxygens (including phenoxy) is 4. The van der Waals surface area contributed by atoms with E-state index in [0.717, 1.165) is 5.56 Å². The molecule has 0 aliphatic rings. The van der Waals surface area contributed by atoms with Crippen molar-refractivity contribution in [2.24, 2.45) is 0 Å². The van der Waals surface area contributed by atoms with Crippen LogP contribution in [0.1, 0.15) is 28.0 Å². The first-order valence-electron chi connectivity index (χ1n) is 9.65. The van der Waals surface area contributed by atoms with Gasteiger partial charge in [0.05, 0.1) is 27.2 Å². The lowest BCUT2D eigenvalue weighted by Gasteiger charge is -2.15. The Hall–Kier alpha value is -3.39. The van der Waals surface area contributed by atoms with Crippen molar-refractivity contribution < 1.29 is 28.5 Å². The van der Waals surface area contributed by atoms with Crippen molar-refractivity contribution in [3.63, 3.8) is 0 Å². The van der Waals surface area contributed by atoms with E-state index in [2.05, 4.69) is 4.98 Å². The summed E-state index contributed by atoms with van der Waals surface area (Å²) in [6.07, 6.45) is 0.289. The Morgan fingerprint density at radius 3 is 2.42 bits per heavy atom. The molecule has 0 fully saturated rings. The lowest BCUT2D eigenvalue weighted by molar-refractivity contribution is -0.117. The summed E-state index contributed by atoms with van der Waals surface area (Å²) in [6, 6.07) is 12.7. The summed E-state index contributed by atoms with van der Waals surface area (Å²) in [6.45, 7) is 2.01. The number of rotatable bonds is 10. The molecule has 0 spiro atoms. The molecular formula is C23H23NO6S. The largest absolute Gasteiger partial charge is 0.493 e. The molecule has 2 aromatic carbocycles. The van der Waals surface area contributed by atoms with Gasteiger partial charge in [-0.3, -0.25) is 4.79 Å². The molecule has 0 N–H and O–H groups in total. The van der Waals surface area contributed by atoms with Gasteiger partial charge in [0.15, 0.2) is 17.2 Å². The molecule has 0 radical (unpaired) electrons. The first-order valence-corrected chi connectivity index (χ1v) is 10.5. The predicted octanol–water partition coefficient (Wildman–Crippen LogP) is 4.48. The summed E-state index contributed by atoms with van der Waals surface area (Å²) in [7, 11) is 3.10. The smallest absolute Gasteiger partial charge is 0.357 e. The Morgan fingerprint density at radius 2 is 1.68 bits per heavy atom. The third kappa shape index (κ3) is 5.61. The highest BCUT2D eigenvalue weighted by Crippen LogP contribution is 2.39. The SMILES string of the molecule is CCOC(=O)c1csc(CC(=O)Cc2ccccc2Oc2cccc(OC)c2OC)n1. The van der Waals surface area contributed by atoms with Gasteiger partial charge in [0.1, 0.15) is 16.5 Å². The van der Waals surface area contributed by atoms with Crippen LogP contribution in [-0.2, 0) is 22.4 Å². The Kier molecular flexibility index (Phi) is 7.61. The number of ketones is 1. The maximum Gasteiger partial charge on any atom is 0.357 e. The van der Waals surface area contributed by atoms with E-state index in [1.54, 1.807) is 50.8 Å². The van der Waals surface area contributed by atoms with E-state index in [4.69, 9.17) is 18.9 Å². The number of hydrogen-bond acceptors (Lipinski definition) is 8. The van der Waals surface area contributed by atoms with Gasteiger partial charge in [-0.25, -0.2) is 9.78 Å². The molecule has 1 heterocycles. The minimum absolute atomic E-state index is 0.0431. The number of hydrogen-bond donors (Lipinski definition) is 0. The molecule has 0 atom stereocenters. The molecule has 0 unspecified atom stereocenters. The predicted molar refractivity (Wildman–Crippen MR) is 117 cm³/mol. The van der Waals surface area contributed by atoms with Gasteiger partial charge in [0.2, 0.25) is 5.75 Å². The first-order chi connectivity index (χ1) is 15.0. The van der Waals surface area contributed by atoms with E-state index in [9.17, 15) is 9.59 Å². The summed E-state index contributed by atoms with van der Waals surface area (Å²) in [5.41, 5.74) is 0.961. The molecule has 3 aromatic rings. The van der Waals surface area contributed by atoms with Crippen LogP contribution >= 0.6 is 11.3 Å². The molecule has 0 saturated carbocycles. The number of carbonyl (C=O) groups excluding carboxylic acids is 2. The lowest BCUT2D eigenvalue weighted by atomic mass is 10.1. The summed E-state index contributed by atoms with van der Waals surface area (Å²) in [4.78, 5) is 28.6. The fourth-order valence-corrected chi connectivity index (χ4v) is 3.73. The van der Waals surface area contributed by atoms with Crippen molar-refractivity contribution in [2.75, 3.05) is 20.8 Å². The second-order valence-electron chi connectivity index (χ2n) is 6.44. The van der Waals surface area contributed by atoms with Crippen LogP contribution in [0.25, 0.3) is 0 Å². The van der Waals surface area contributed by atoms with Crippen LogP contribution in [0.4, 0.5) is 0 Å². The third-order valence-electron chi connectivity index (χ3n) is 4.33. The van der Waals surface area contributed by atoms with Crippen LogP contribution in [0, 0.1) is 0 Å². The average molecular weight is 442 g/mol. The molecule has 0 saturated heterocycles.